The van der Waals surface area contributed by atoms with E-state index in [0.29, 0.717) is 11.3 Å². The maximum absolute atomic E-state index is 2.26. The highest BCUT2D eigenvalue weighted by Crippen LogP contribution is 2.30. The van der Waals surface area contributed by atoms with Crippen molar-refractivity contribution in [2.24, 2.45) is 11.3 Å². The van der Waals surface area contributed by atoms with Gasteiger partial charge in [0.25, 0.3) is 0 Å². The molecule has 0 aromatic carbocycles. The molecule has 0 N–H and O–H groups in total. The van der Waals surface area contributed by atoms with Crippen molar-refractivity contribution in [3.05, 3.63) is 30.7 Å². The van der Waals surface area contributed by atoms with Crippen LogP contribution in [0.4, 0.5) is 0 Å². The smallest absolute Gasteiger partial charge is 0.00933 e. The molecule has 0 saturated carbocycles. The molecule has 1 radical (unpaired) electrons. The average molecular weight is 135 g/mol. The Balaban J connectivity index is 2.60. The van der Waals surface area contributed by atoms with Crippen LogP contribution in [0.2, 0.25) is 0 Å². The maximum Gasteiger partial charge on any atom is -0.00933 e. The fourth-order valence-corrected chi connectivity index (χ4v) is 1.07. The van der Waals surface area contributed by atoms with Gasteiger partial charge in [0.1, 0.15) is 0 Å². The molecule has 55 valence electrons. The molecule has 0 heterocycles. The van der Waals surface area contributed by atoms with Crippen LogP contribution in [0, 0.1) is 17.8 Å². The van der Waals surface area contributed by atoms with E-state index in [9.17, 15) is 0 Å². The molecule has 10 heavy (non-hydrogen) atoms. The van der Waals surface area contributed by atoms with E-state index in [1.54, 1.807) is 0 Å². The summed E-state index contributed by atoms with van der Waals surface area (Å²) in [6.45, 7) is 6.78. The van der Waals surface area contributed by atoms with Gasteiger partial charge in [-0.05, 0) is 17.8 Å². The van der Waals surface area contributed by atoms with Gasteiger partial charge in [-0.15, -0.1) is 0 Å². The molecule has 1 unspecified atom stereocenters. The van der Waals surface area contributed by atoms with Crippen molar-refractivity contribution >= 4 is 0 Å². The quantitative estimate of drug-likeness (QED) is 0.479. The molecule has 1 rings (SSSR count). The second kappa shape index (κ2) is 2.61. The summed E-state index contributed by atoms with van der Waals surface area (Å²) >= 11 is 0. The Morgan fingerprint density at radius 3 is 2.00 bits per heavy atom. The summed E-state index contributed by atoms with van der Waals surface area (Å²) in [6, 6.07) is 0. The Hall–Kier alpha value is -0.520. The van der Waals surface area contributed by atoms with Crippen LogP contribution in [-0.2, 0) is 0 Å². The third-order valence-corrected chi connectivity index (χ3v) is 1.86. The van der Waals surface area contributed by atoms with Crippen molar-refractivity contribution in [1.29, 1.82) is 0 Å². The second-order valence-corrected chi connectivity index (χ2v) is 3.85. The molecule has 0 amide bonds. The molecule has 0 heteroatoms. The highest BCUT2D eigenvalue weighted by Gasteiger charge is 2.21. The van der Waals surface area contributed by atoms with Gasteiger partial charge in [-0.2, -0.15) is 0 Å². The normalized spacial score (nSPS) is 25.3. The van der Waals surface area contributed by atoms with Crippen LogP contribution in [-0.4, -0.2) is 0 Å². The first-order valence-corrected chi connectivity index (χ1v) is 3.79. The molecule has 0 saturated heterocycles. The van der Waals surface area contributed by atoms with Crippen molar-refractivity contribution < 1.29 is 0 Å². The summed E-state index contributed by atoms with van der Waals surface area (Å²) in [5.41, 5.74) is 0.376. The van der Waals surface area contributed by atoms with Crippen LogP contribution < -0.4 is 0 Å². The number of hydrogen-bond acceptors (Lipinski definition) is 0. The van der Waals surface area contributed by atoms with Gasteiger partial charge < -0.3 is 0 Å². The van der Waals surface area contributed by atoms with Crippen LogP contribution in [0.3, 0.4) is 0 Å². The Morgan fingerprint density at radius 2 is 1.70 bits per heavy atom. The van der Waals surface area contributed by atoms with E-state index >= 15 is 0 Å². The standard InChI is InChI=1S/C10H15/c1-10(2,3)9-7-5-4-6-8-9/h4-9H,1-3H3. The van der Waals surface area contributed by atoms with Gasteiger partial charge in [0.15, 0.2) is 0 Å². The van der Waals surface area contributed by atoms with Gasteiger partial charge >= 0.3 is 0 Å². The molecule has 0 aromatic heterocycles. The van der Waals surface area contributed by atoms with E-state index in [2.05, 4.69) is 51.5 Å². The van der Waals surface area contributed by atoms with E-state index in [-0.39, 0.29) is 0 Å². The molecule has 0 aromatic rings. The molecular weight excluding hydrogens is 120 g/mol. The van der Waals surface area contributed by atoms with Gasteiger partial charge in [-0.25, -0.2) is 0 Å². The Morgan fingerprint density at radius 1 is 1.00 bits per heavy atom. The molecule has 1 aliphatic carbocycles. The molecule has 0 fully saturated rings. The van der Waals surface area contributed by atoms with Crippen molar-refractivity contribution in [2.75, 3.05) is 0 Å². The lowest BCUT2D eigenvalue weighted by molar-refractivity contribution is 0.330. The Kier molecular flexibility index (Phi) is 1.98. The molecule has 0 aliphatic heterocycles. The zero-order valence-electron chi connectivity index (χ0n) is 6.96. The fraction of sp³-hybridized carbons (Fsp3) is 0.500. The molecule has 0 nitrogen and oxygen atoms in total. The number of allylic oxidation sites excluding steroid dienone is 4. The highest BCUT2D eigenvalue weighted by atomic mass is 14.3. The first kappa shape index (κ1) is 7.59. The summed E-state index contributed by atoms with van der Waals surface area (Å²) < 4.78 is 0. The first-order chi connectivity index (χ1) is 4.61. The van der Waals surface area contributed by atoms with Crippen LogP contribution in [0.15, 0.2) is 24.3 Å². The van der Waals surface area contributed by atoms with Crippen LogP contribution in [0.25, 0.3) is 0 Å². The van der Waals surface area contributed by atoms with Gasteiger partial charge in [0, 0.05) is 0 Å². The lowest BCUT2D eigenvalue weighted by atomic mass is 9.77. The highest BCUT2D eigenvalue weighted by molar-refractivity contribution is 5.20. The van der Waals surface area contributed by atoms with Crippen molar-refractivity contribution in [3.8, 4) is 0 Å². The molecule has 1 aliphatic rings. The first-order valence-electron chi connectivity index (χ1n) is 3.79. The van der Waals surface area contributed by atoms with Crippen molar-refractivity contribution in [1.82, 2.24) is 0 Å². The molecule has 0 bridgehead atoms. The maximum atomic E-state index is 2.26. The van der Waals surface area contributed by atoms with Crippen LogP contribution in [0.5, 0.6) is 0 Å². The number of hydrogen-bond donors (Lipinski definition) is 0. The van der Waals surface area contributed by atoms with Crippen molar-refractivity contribution in [3.63, 3.8) is 0 Å². The second-order valence-electron chi connectivity index (χ2n) is 3.85. The summed E-state index contributed by atoms with van der Waals surface area (Å²) in [5.74, 6) is 0.609. The topological polar surface area (TPSA) is 0 Å². The van der Waals surface area contributed by atoms with E-state index in [4.69, 9.17) is 0 Å². The lowest BCUT2D eigenvalue weighted by Crippen LogP contribution is -2.18. The van der Waals surface area contributed by atoms with Gasteiger partial charge in [-0.3, -0.25) is 0 Å². The summed E-state index contributed by atoms with van der Waals surface area (Å²) in [7, 11) is 0. The fourth-order valence-electron chi connectivity index (χ4n) is 1.07. The third-order valence-electron chi connectivity index (χ3n) is 1.86. The third kappa shape index (κ3) is 1.73. The Bertz CT molecular complexity index is 155. The van der Waals surface area contributed by atoms with Gasteiger partial charge in [0.2, 0.25) is 0 Å². The minimum absolute atomic E-state index is 0.376. The minimum atomic E-state index is 0.376. The van der Waals surface area contributed by atoms with E-state index in [1.807, 2.05) is 0 Å². The molecular formula is C10H15. The van der Waals surface area contributed by atoms with Crippen LogP contribution in [0.1, 0.15) is 20.8 Å². The van der Waals surface area contributed by atoms with Gasteiger partial charge in [-0.1, -0.05) is 45.1 Å². The average Bonchev–Trinajstić information content (AvgIpc) is 1.88. The zero-order chi connectivity index (χ0) is 7.61. The van der Waals surface area contributed by atoms with Crippen molar-refractivity contribution in [2.45, 2.75) is 20.8 Å². The minimum Gasteiger partial charge on any atom is -0.0803 e. The van der Waals surface area contributed by atoms with E-state index in [1.165, 1.54) is 0 Å². The summed E-state index contributed by atoms with van der Waals surface area (Å²) in [6.07, 6.45) is 10.8. The SMILES string of the molecule is CC(C)(C)C1[CH]C=CC=C1. The number of rotatable bonds is 0. The summed E-state index contributed by atoms with van der Waals surface area (Å²) in [5, 5.41) is 0. The van der Waals surface area contributed by atoms with E-state index in [0.717, 1.165) is 0 Å². The van der Waals surface area contributed by atoms with Crippen LogP contribution >= 0.6 is 0 Å². The predicted octanol–water partition coefficient (Wildman–Crippen LogP) is 2.98. The van der Waals surface area contributed by atoms with Gasteiger partial charge in [0.05, 0.1) is 0 Å². The van der Waals surface area contributed by atoms with E-state index < -0.39 is 0 Å². The predicted molar refractivity (Wildman–Crippen MR) is 45.5 cm³/mol. The summed E-state index contributed by atoms with van der Waals surface area (Å²) in [4.78, 5) is 0. The Labute approximate surface area is 63.6 Å². The monoisotopic (exact) mass is 135 g/mol. The largest absolute Gasteiger partial charge is 0.0803 e. The zero-order valence-corrected chi connectivity index (χ0v) is 6.96. The lowest BCUT2D eigenvalue weighted by Gasteiger charge is -2.27. The molecule has 1 atom stereocenters. The molecule has 0 spiro atoms.